The molecule has 0 aliphatic heterocycles. The standard InChI is InChI=1S/C22H19Cl2NO3.ClH/c23-19-9-10-21(28-14-17-3-1-2-4-20(17)24)18(11-19)13-25-12-15-5-7-16(8-6-15)22(26)27;/h1-11,25H,12-14H2,(H,26,27);1H. The summed E-state index contributed by atoms with van der Waals surface area (Å²) < 4.78 is 5.96. The van der Waals surface area contributed by atoms with Crippen LogP contribution in [0.5, 0.6) is 5.75 Å². The number of aromatic carboxylic acids is 1. The van der Waals surface area contributed by atoms with Crippen molar-refractivity contribution in [2.45, 2.75) is 19.7 Å². The third-order valence-corrected chi connectivity index (χ3v) is 4.81. The van der Waals surface area contributed by atoms with Gasteiger partial charge in [0.25, 0.3) is 0 Å². The summed E-state index contributed by atoms with van der Waals surface area (Å²) >= 11 is 12.3. The summed E-state index contributed by atoms with van der Waals surface area (Å²) in [5, 5.41) is 13.6. The number of nitrogens with one attached hydrogen (secondary N) is 1. The molecule has 0 spiro atoms. The third-order valence-electron chi connectivity index (χ3n) is 4.21. The molecule has 4 nitrogen and oxygen atoms in total. The zero-order valence-corrected chi connectivity index (χ0v) is 17.7. The van der Waals surface area contributed by atoms with E-state index in [0.29, 0.717) is 29.7 Å². The predicted octanol–water partition coefficient (Wildman–Crippen LogP) is 5.98. The van der Waals surface area contributed by atoms with Gasteiger partial charge in [-0.2, -0.15) is 0 Å². The van der Waals surface area contributed by atoms with Crippen molar-refractivity contribution in [3.8, 4) is 5.75 Å². The van der Waals surface area contributed by atoms with Crippen molar-refractivity contribution in [1.82, 2.24) is 5.32 Å². The Hall–Kier alpha value is -2.24. The number of carbonyl (C=O) groups is 1. The lowest BCUT2D eigenvalue weighted by Gasteiger charge is -2.14. The summed E-state index contributed by atoms with van der Waals surface area (Å²) in [6, 6.07) is 19.8. The first kappa shape index (κ1) is 23.0. The number of benzene rings is 3. The van der Waals surface area contributed by atoms with Crippen LogP contribution < -0.4 is 10.1 Å². The van der Waals surface area contributed by atoms with Gasteiger partial charge >= 0.3 is 5.97 Å². The Morgan fingerprint density at radius 3 is 2.34 bits per heavy atom. The number of hydrogen-bond acceptors (Lipinski definition) is 3. The average molecular weight is 453 g/mol. The van der Waals surface area contributed by atoms with E-state index in [1.54, 1.807) is 30.3 Å². The van der Waals surface area contributed by atoms with Gasteiger partial charge in [-0.1, -0.05) is 53.5 Å². The van der Waals surface area contributed by atoms with Crippen molar-refractivity contribution in [1.29, 1.82) is 0 Å². The molecule has 152 valence electrons. The minimum absolute atomic E-state index is 0. The zero-order valence-electron chi connectivity index (χ0n) is 15.4. The van der Waals surface area contributed by atoms with Crippen LogP contribution in [-0.2, 0) is 19.7 Å². The van der Waals surface area contributed by atoms with Crippen molar-refractivity contribution in [2.75, 3.05) is 0 Å². The van der Waals surface area contributed by atoms with Crippen LogP contribution in [0.2, 0.25) is 10.0 Å². The quantitative estimate of drug-likeness (QED) is 0.441. The highest BCUT2D eigenvalue weighted by molar-refractivity contribution is 6.31. The van der Waals surface area contributed by atoms with Crippen LogP contribution in [0.1, 0.15) is 27.0 Å². The number of rotatable bonds is 8. The molecule has 0 aliphatic rings. The molecule has 0 amide bonds. The molecule has 2 N–H and O–H groups in total. The van der Waals surface area contributed by atoms with E-state index < -0.39 is 5.97 Å². The van der Waals surface area contributed by atoms with Crippen LogP contribution in [0.4, 0.5) is 0 Å². The molecule has 0 saturated heterocycles. The van der Waals surface area contributed by atoms with E-state index in [2.05, 4.69) is 5.32 Å². The van der Waals surface area contributed by atoms with E-state index in [9.17, 15) is 4.79 Å². The van der Waals surface area contributed by atoms with Gasteiger partial charge < -0.3 is 15.2 Å². The molecule has 0 aromatic heterocycles. The summed E-state index contributed by atoms with van der Waals surface area (Å²) in [6.45, 7) is 1.51. The van der Waals surface area contributed by atoms with Gasteiger partial charge in [-0.3, -0.25) is 0 Å². The lowest BCUT2D eigenvalue weighted by Crippen LogP contribution is -2.14. The van der Waals surface area contributed by atoms with Crippen molar-refractivity contribution < 1.29 is 14.6 Å². The molecule has 7 heteroatoms. The van der Waals surface area contributed by atoms with Crippen molar-refractivity contribution in [3.63, 3.8) is 0 Å². The van der Waals surface area contributed by atoms with E-state index in [1.807, 2.05) is 36.4 Å². The molecule has 3 aromatic carbocycles. The van der Waals surface area contributed by atoms with Gasteiger partial charge in [-0.25, -0.2) is 4.79 Å². The first-order valence-corrected chi connectivity index (χ1v) is 9.46. The minimum Gasteiger partial charge on any atom is -0.489 e. The fourth-order valence-corrected chi connectivity index (χ4v) is 3.09. The Morgan fingerprint density at radius 2 is 1.66 bits per heavy atom. The Morgan fingerprint density at radius 1 is 0.931 bits per heavy atom. The zero-order chi connectivity index (χ0) is 19.9. The molecule has 0 saturated carbocycles. The molecule has 29 heavy (non-hydrogen) atoms. The summed E-state index contributed by atoms with van der Waals surface area (Å²) in [5.74, 6) is -0.197. The SMILES string of the molecule is Cl.O=C(O)c1ccc(CNCc2cc(Cl)ccc2OCc2ccccc2Cl)cc1. The van der Waals surface area contributed by atoms with Crippen LogP contribution in [0.3, 0.4) is 0 Å². The molecule has 0 bridgehead atoms. The maximum absolute atomic E-state index is 10.9. The molecule has 0 fully saturated rings. The van der Waals surface area contributed by atoms with Crippen LogP contribution in [0.25, 0.3) is 0 Å². The highest BCUT2D eigenvalue weighted by Crippen LogP contribution is 2.25. The Kier molecular flexibility index (Phi) is 8.80. The lowest BCUT2D eigenvalue weighted by molar-refractivity contribution is 0.0697. The number of ether oxygens (including phenoxy) is 1. The van der Waals surface area contributed by atoms with Crippen molar-refractivity contribution >= 4 is 41.6 Å². The number of hydrogen-bond donors (Lipinski definition) is 2. The molecule has 3 aromatic rings. The van der Waals surface area contributed by atoms with Gasteiger partial charge in [-0.15, -0.1) is 12.4 Å². The van der Waals surface area contributed by atoms with E-state index in [-0.39, 0.29) is 18.0 Å². The second-order valence-corrected chi connectivity index (χ2v) is 7.08. The van der Waals surface area contributed by atoms with Crippen LogP contribution >= 0.6 is 35.6 Å². The third kappa shape index (κ3) is 6.65. The van der Waals surface area contributed by atoms with Gasteiger partial charge in [0.05, 0.1) is 5.56 Å². The summed E-state index contributed by atoms with van der Waals surface area (Å²) in [5.41, 5.74) is 3.11. The molecule has 0 aliphatic carbocycles. The largest absolute Gasteiger partial charge is 0.489 e. The van der Waals surface area contributed by atoms with E-state index in [4.69, 9.17) is 33.0 Å². The predicted molar refractivity (Wildman–Crippen MR) is 118 cm³/mol. The van der Waals surface area contributed by atoms with Gasteiger partial charge in [0.15, 0.2) is 0 Å². The second kappa shape index (κ2) is 11.1. The molecule has 0 radical (unpaired) electrons. The maximum Gasteiger partial charge on any atom is 0.335 e. The van der Waals surface area contributed by atoms with Crippen molar-refractivity contribution in [2.24, 2.45) is 0 Å². The molecular weight excluding hydrogens is 433 g/mol. The smallest absolute Gasteiger partial charge is 0.335 e. The van der Waals surface area contributed by atoms with Crippen molar-refractivity contribution in [3.05, 3.63) is 99.0 Å². The van der Waals surface area contributed by atoms with Gasteiger partial charge in [0.1, 0.15) is 12.4 Å². The normalized spacial score (nSPS) is 10.3. The minimum atomic E-state index is -0.932. The molecule has 0 atom stereocenters. The van der Waals surface area contributed by atoms with Crippen LogP contribution in [0.15, 0.2) is 66.7 Å². The first-order chi connectivity index (χ1) is 13.5. The van der Waals surface area contributed by atoms with E-state index in [0.717, 1.165) is 22.4 Å². The highest BCUT2D eigenvalue weighted by Gasteiger charge is 2.07. The lowest BCUT2D eigenvalue weighted by atomic mass is 10.1. The maximum atomic E-state index is 10.9. The van der Waals surface area contributed by atoms with Gasteiger partial charge in [-0.05, 0) is 42.0 Å². The molecule has 3 rings (SSSR count). The molecular formula is C22H20Cl3NO3. The van der Waals surface area contributed by atoms with Crippen LogP contribution in [-0.4, -0.2) is 11.1 Å². The van der Waals surface area contributed by atoms with E-state index in [1.165, 1.54) is 0 Å². The highest BCUT2D eigenvalue weighted by atomic mass is 35.5. The van der Waals surface area contributed by atoms with Gasteiger partial charge in [0, 0.05) is 34.3 Å². The Bertz CT molecular complexity index is 962. The van der Waals surface area contributed by atoms with E-state index >= 15 is 0 Å². The molecule has 0 unspecified atom stereocenters. The fraction of sp³-hybridized carbons (Fsp3) is 0.136. The summed E-state index contributed by atoms with van der Waals surface area (Å²) in [6.07, 6.45) is 0. The second-order valence-electron chi connectivity index (χ2n) is 6.24. The average Bonchev–Trinajstić information content (AvgIpc) is 2.69. The number of halogens is 3. The first-order valence-electron chi connectivity index (χ1n) is 8.70. The number of carboxylic acid groups (broad SMARTS) is 1. The van der Waals surface area contributed by atoms with Gasteiger partial charge in [0.2, 0.25) is 0 Å². The molecule has 0 heterocycles. The summed E-state index contributed by atoms with van der Waals surface area (Å²) in [7, 11) is 0. The number of carboxylic acids is 1. The fourth-order valence-electron chi connectivity index (χ4n) is 2.70. The summed E-state index contributed by atoms with van der Waals surface area (Å²) in [4.78, 5) is 10.9. The topological polar surface area (TPSA) is 58.6 Å². The Balaban J connectivity index is 0.00000300. The Labute approximate surface area is 185 Å². The monoisotopic (exact) mass is 451 g/mol. The van der Waals surface area contributed by atoms with Crippen LogP contribution in [0, 0.1) is 0 Å².